The van der Waals surface area contributed by atoms with Gasteiger partial charge in [-0.2, -0.15) is 0 Å². The first kappa shape index (κ1) is 21.0. The number of aryl methyl sites for hydroxylation is 1. The highest BCUT2D eigenvalue weighted by Crippen LogP contribution is 2.38. The molecule has 0 aliphatic heterocycles. The molecule has 0 saturated heterocycles. The van der Waals surface area contributed by atoms with Gasteiger partial charge in [0.2, 0.25) is 5.91 Å². The van der Waals surface area contributed by atoms with Crippen LogP contribution in [0, 0.1) is 5.41 Å². The van der Waals surface area contributed by atoms with Crippen molar-refractivity contribution in [2.24, 2.45) is 5.41 Å². The van der Waals surface area contributed by atoms with Gasteiger partial charge < -0.3 is 15.4 Å². The Balaban J connectivity index is 1.84. The first-order valence-corrected chi connectivity index (χ1v) is 10.5. The summed E-state index contributed by atoms with van der Waals surface area (Å²) in [6.45, 7) is 5.48. The monoisotopic (exact) mass is 414 g/mol. The minimum Gasteiger partial charge on any atom is -0.465 e. The maximum atomic E-state index is 12.9. The highest BCUT2D eigenvalue weighted by molar-refractivity contribution is 7.17. The maximum absolute atomic E-state index is 12.9. The van der Waals surface area contributed by atoms with Gasteiger partial charge in [-0.3, -0.25) is 9.59 Å². The lowest BCUT2D eigenvalue weighted by molar-refractivity contribution is -0.123. The SMILES string of the molecule is COC(=O)c1c(NC(=O)c2cccc(NC(=O)C(C)(C)C)c2)sc2c1CCCC2. The number of esters is 1. The maximum Gasteiger partial charge on any atom is 0.341 e. The van der Waals surface area contributed by atoms with E-state index in [1.54, 1.807) is 24.3 Å². The van der Waals surface area contributed by atoms with E-state index in [4.69, 9.17) is 4.74 Å². The van der Waals surface area contributed by atoms with Crippen LogP contribution in [-0.4, -0.2) is 24.9 Å². The van der Waals surface area contributed by atoms with Gasteiger partial charge in [0, 0.05) is 21.5 Å². The lowest BCUT2D eigenvalue weighted by Gasteiger charge is -2.18. The van der Waals surface area contributed by atoms with Crippen LogP contribution >= 0.6 is 11.3 Å². The predicted octanol–water partition coefficient (Wildman–Crippen LogP) is 4.65. The van der Waals surface area contributed by atoms with Crippen LogP contribution in [0.15, 0.2) is 24.3 Å². The number of benzene rings is 1. The largest absolute Gasteiger partial charge is 0.465 e. The molecule has 1 aromatic carbocycles. The Morgan fingerprint density at radius 2 is 1.79 bits per heavy atom. The number of carbonyl (C=O) groups is 3. The zero-order valence-corrected chi connectivity index (χ0v) is 18.0. The number of hydrogen-bond donors (Lipinski definition) is 2. The number of nitrogens with one attached hydrogen (secondary N) is 2. The molecule has 1 heterocycles. The Hall–Kier alpha value is -2.67. The second kappa shape index (κ2) is 8.37. The molecule has 1 aliphatic carbocycles. The van der Waals surface area contributed by atoms with Crippen LogP contribution in [0.5, 0.6) is 0 Å². The Labute approximate surface area is 174 Å². The molecule has 1 aromatic heterocycles. The standard InChI is InChI=1S/C22H26N2O4S/c1-22(2,3)21(27)23-14-9-7-8-13(12-14)18(25)24-19-17(20(26)28-4)15-10-5-6-11-16(15)29-19/h7-9,12H,5-6,10-11H2,1-4H3,(H,23,27)(H,24,25). The molecule has 2 amide bonds. The van der Waals surface area contributed by atoms with Crippen molar-refractivity contribution in [3.05, 3.63) is 45.8 Å². The Kier molecular flexibility index (Phi) is 6.07. The minimum absolute atomic E-state index is 0.131. The van der Waals surface area contributed by atoms with E-state index in [0.717, 1.165) is 36.1 Å². The van der Waals surface area contributed by atoms with Gasteiger partial charge in [0.05, 0.1) is 12.7 Å². The Morgan fingerprint density at radius 3 is 2.48 bits per heavy atom. The number of fused-ring (bicyclic) bond motifs is 1. The molecule has 3 rings (SSSR count). The molecule has 2 aromatic rings. The van der Waals surface area contributed by atoms with Crippen LogP contribution in [0.25, 0.3) is 0 Å². The van der Waals surface area contributed by atoms with Crippen LogP contribution < -0.4 is 10.6 Å². The summed E-state index contributed by atoms with van der Waals surface area (Å²) in [6.07, 6.45) is 3.84. The van der Waals surface area contributed by atoms with Crippen molar-refractivity contribution in [1.82, 2.24) is 0 Å². The van der Waals surface area contributed by atoms with Gasteiger partial charge in [-0.05, 0) is 49.4 Å². The second-order valence-corrected chi connectivity index (χ2v) is 9.25. The number of amides is 2. The quantitative estimate of drug-likeness (QED) is 0.713. The first-order valence-electron chi connectivity index (χ1n) is 9.66. The third kappa shape index (κ3) is 4.67. The summed E-state index contributed by atoms with van der Waals surface area (Å²) in [4.78, 5) is 38.5. The highest BCUT2D eigenvalue weighted by Gasteiger charge is 2.27. The average Bonchev–Trinajstić information content (AvgIpc) is 3.04. The third-order valence-corrected chi connectivity index (χ3v) is 6.06. The van der Waals surface area contributed by atoms with Crippen molar-refractivity contribution in [2.75, 3.05) is 17.7 Å². The fourth-order valence-electron chi connectivity index (χ4n) is 3.20. The van der Waals surface area contributed by atoms with Gasteiger partial charge in [0.15, 0.2) is 0 Å². The number of methoxy groups -OCH3 is 1. The van der Waals surface area contributed by atoms with Gasteiger partial charge in [-0.15, -0.1) is 11.3 Å². The number of anilines is 2. The summed E-state index contributed by atoms with van der Waals surface area (Å²) in [7, 11) is 1.35. The second-order valence-electron chi connectivity index (χ2n) is 8.15. The molecular weight excluding hydrogens is 388 g/mol. The molecule has 0 radical (unpaired) electrons. The molecule has 2 N–H and O–H groups in total. The van der Waals surface area contributed by atoms with E-state index in [2.05, 4.69) is 10.6 Å². The molecule has 154 valence electrons. The molecule has 0 saturated carbocycles. The van der Waals surface area contributed by atoms with Crippen molar-refractivity contribution in [1.29, 1.82) is 0 Å². The average molecular weight is 415 g/mol. The number of thiophene rings is 1. The fraction of sp³-hybridized carbons (Fsp3) is 0.409. The van der Waals surface area contributed by atoms with E-state index < -0.39 is 11.4 Å². The van der Waals surface area contributed by atoms with Crippen LogP contribution in [0.1, 0.15) is 64.8 Å². The summed E-state index contributed by atoms with van der Waals surface area (Å²) in [5, 5.41) is 6.23. The molecule has 0 spiro atoms. The van der Waals surface area contributed by atoms with Gasteiger partial charge in [-0.25, -0.2) is 4.79 Å². The van der Waals surface area contributed by atoms with Crippen molar-refractivity contribution >= 4 is 39.8 Å². The van der Waals surface area contributed by atoms with Gasteiger partial charge in [0.1, 0.15) is 5.00 Å². The summed E-state index contributed by atoms with van der Waals surface area (Å²) >= 11 is 1.44. The smallest absolute Gasteiger partial charge is 0.341 e. The predicted molar refractivity (Wildman–Crippen MR) is 115 cm³/mol. The molecule has 0 fully saturated rings. The van der Waals surface area contributed by atoms with Crippen molar-refractivity contribution in [3.8, 4) is 0 Å². The molecule has 29 heavy (non-hydrogen) atoms. The van der Waals surface area contributed by atoms with E-state index in [0.29, 0.717) is 21.8 Å². The molecule has 6 nitrogen and oxygen atoms in total. The minimum atomic E-state index is -0.538. The highest BCUT2D eigenvalue weighted by atomic mass is 32.1. The summed E-state index contributed by atoms with van der Waals surface area (Å²) in [5.41, 5.74) is 1.88. The molecule has 0 bridgehead atoms. The third-order valence-electron chi connectivity index (χ3n) is 4.85. The van der Waals surface area contributed by atoms with Gasteiger partial charge >= 0.3 is 5.97 Å². The van der Waals surface area contributed by atoms with Gasteiger partial charge in [0.25, 0.3) is 5.91 Å². The summed E-state index contributed by atoms with van der Waals surface area (Å²) in [6, 6.07) is 6.76. The topological polar surface area (TPSA) is 84.5 Å². The Morgan fingerprint density at radius 1 is 1.07 bits per heavy atom. The van der Waals surface area contributed by atoms with Crippen molar-refractivity contribution in [2.45, 2.75) is 46.5 Å². The molecule has 1 aliphatic rings. The zero-order chi connectivity index (χ0) is 21.2. The number of rotatable bonds is 4. The lowest BCUT2D eigenvalue weighted by atomic mass is 9.95. The van der Waals surface area contributed by atoms with Crippen molar-refractivity contribution < 1.29 is 19.1 Å². The first-order chi connectivity index (χ1) is 13.7. The van der Waals surface area contributed by atoms with Gasteiger partial charge in [-0.1, -0.05) is 26.8 Å². The van der Waals surface area contributed by atoms with Crippen molar-refractivity contribution in [3.63, 3.8) is 0 Å². The molecular formula is C22H26N2O4S. The van der Waals surface area contributed by atoms with E-state index in [9.17, 15) is 14.4 Å². The molecule has 0 atom stereocenters. The van der Waals surface area contributed by atoms with Crippen LogP contribution in [0.4, 0.5) is 10.7 Å². The van der Waals surface area contributed by atoms with Crippen LogP contribution in [0.2, 0.25) is 0 Å². The van der Waals surface area contributed by atoms with E-state index in [-0.39, 0.29) is 11.8 Å². The number of carbonyl (C=O) groups excluding carboxylic acids is 3. The zero-order valence-electron chi connectivity index (χ0n) is 17.2. The normalized spacial score (nSPS) is 13.4. The lowest BCUT2D eigenvalue weighted by Crippen LogP contribution is -2.27. The molecule has 7 heteroatoms. The van der Waals surface area contributed by atoms with E-state index in [1.807, 2.05) is 20.8 Å². The fourth-order valence-corrected chi connectivity index (χ4v) is 4.48. The number of ether oxygens (including phenoxy) is 1. The number of hydrogen-bond acceptors (Lipinski definition) is 5. The van der Waals surface area contributed by atoms with Crippen LogP contribution in [0.3, 0.4) is 0 Å². The van der Waals surface area contributed by atoms with E-state index >= 15 is 0 Å². The Bertz CT molecular complexity index is 956. The molecule has 0 unspecified atom stereocenters. The summed E-state index contributed by atoms with van der Waals surface area (Å²) in [5.74, 6) is -0.888. The summed E-state index contributed by atoms with van der Waals surface area (Å²) < 4.78 is 4.95. The van der Waals surface area contributed by atoms with Crippen LogP contribution in [-0.2, 0) is 22.4 Å². The van der Waals surface area contributed by atoms with E-state index in [1.165, 1.54) is 18.4 Å².